The van der Waals surface area contributed by atoms with E-state index >= 15 is 0 Å². The molecule has 0 aromatic carbocycles. The Morgan fingerprint density at radius 1 is 1.29 bits per heavy atom. The van der Waals surface area contributed by atoms with Crippen molar-refractivity contribution >= 4 is 22.7 Å². The van der Waals surface area contributed by atoms with E-state index in [4.69, 9.17) is 5.11 Å². The maximum Gasteiger partial charge on any atom is 0.318 e. The van der Waals surface area contributed by atoms with Crippen LogP contribution in [-0.4, -0.2) is 53.1 Å². The second-order valence-electron chi connectivity index (χ2n) is 2.34. The Balaban J connectivity index is 3.61. The molecule has 0 spiro atoms. The van der Waals surface area contributed by atoms with Crippen molar-refractivity contribution in [2.24, 2.45) is 0 Å². The third kappa shape index (κ3) is 7.69. The molecule has 0 bridgehead atoms. The summed E-state index contributed by atoms with van der Waals surface area (Å²) in [7, 11) is -0.246. The van der Waals surface area contributed by atoms with Crippen molar-refractivity contribution in [1.82, 2.24) is 0 Å². The number of carboxylic acid groups (broad SMARTS) is 1. The first-order chi connectivity index (χ1) is 6.56. The summed E-state index contributed by atoms with van der Waals surface area (Å²) in [5, 5.41) is 8.25. The van der Waals surface area contributed by atoms with Crippen molar-refractivity contribution in [2.45, 2.75) is 0 Å². The van der Waals surface area contributed by atoms with E-state index in [0.29, 0.717) is 0 Å². The molecule has 14 heavy (non-hydrogen) atoms. The molecule has 0 radical (unpaired) electrons. The average molecular weight is 224 g/mol. The quantitative estimate of drug-likeness (QED) is 0.441. The lowest BCUT2D eigenvalue weighted by atomic mass is 10.7. The zero-order valence-corrected chi connectivity index (χ0v) is 8.54. The first kappa shape index (κ1) is 13.1. The smallest absolute Gasteiger partial charge is 0.318 e. The Labute approximate surface area is 83.6 Å². The van der Waals surface area contributed by atoms with Crippen LogP contribution >= 0.6 is 0 Å². The van der Waals surface area contributed by atoms with Crippen molar-refractivity contribution in [2.75, 3.05) is 31.8 Å². The number of hydrogen-bond acceptors (Lipinski definition) is 5. The van der Waals surface area contributed by atoms with Gasteiger partial charge >= 0.3 is 11.9 Å². The molecule has 7 heteroatoms. The molecule has 1 N–H and O–H groups in total. The third-order valence-corrected chi connectivity index (χ3v) is 2.24. The van der Waals surface area contributed by atoms with Crippen LogP contribution in [-0.2, 0) is 29.9 Å². The predicted molar refractivity (Wildman–Crippen MR) is 48.3 cm³/mol. The molecule has 0 rings (SSSR count). The number of ether oxygens (including phenoxy) is 2. The van der Waals surface area contributed by atoms with E-state index in [2.05, 4.69) is 9.47 Å². The number of esters is 1. The summed E-state index contributed by atoms with van der Waals surface area (Å²) in [6.45, 7) is 0.344. The van der Waals surface area contributed by atoms with Gasteiger partial charge in [-0.05, 0) is 0 Å². The molecular formula is C7H12O6S. The van der Waals surface area contributed by atoms with Crippen LogP contribution < -0.4 is 0 Å². The molecule has 0 aliphatic heterocycles. The molecule has 0 aromatic heterocycles. The Morgan fingerprint density at radius 2 is 1.93 bits per heavy atom. The Hall–Kier alpha value is -0.950. The fraction of sp³-hybridized carbons (Fsp3) is 0.714. The summed E-state index contributed by atoms with van der Waals surface area (Å²) < 4.78 is 20.1. The van der Waals surface area contributed by atoms with Crippen molar-refractivity contribution in [3.05, 3.63) is 0 Å². The molecule has 82 valence electrons. The minimum absolute atomic E-state index is 0.0829. The maximum absolute atomic E-state index is 10.9. The van der Waals surface area contributed by atoms with E-state index in [9.17, 15) is 13.8 Å². The van der Waals surface area contributed by atoms with Crippen LogP contribution in [0.25, 0.3) is 0 Å². The number of methoxy groups -OCH3 is 1. The van der Waals surface area contributed by atoms with Crippen LogP contribution in [0.3, 0.4) is 0 Å². The first-order valence-electron chi connectivity index (χ1n) is 3.77. The highest BCUT2D eigenvalue weighted by Crippen LogP contribution is 1.87. The second-order valence-corrected chi connectivity index (χ2v) is 3.79. The summed E-state index contributed by atoms with van der Waals surface area (Å²) in [5.74, 6) is -2.82. The zero-order chi connectivity index (χ0) is 11.0. The van der Waals surface area contributed by atoms with Gasteiger partial charge in [-0.2, -0.15) is 0 Å². The Morgan fingerprint density at radius 3 is 2.43 bits per heavy atom. The largest absolute Gasteiger partial charge is 0.481 e. The van der Waals surface area contributed by atoms with Gasteiger partial charge < -0.3 is 14.6 Å². The van der Waals surface area contributed by atoms with Crippen molar-refractivity contribution in [1.29, 1.82) is 0 Å². The molecule has 0 saturated carbocycles. The number of carbonyl (C=O) groups is 2. The molecule has 0 saturated heterocycles. The van der Waals surface area contributed by atoms with Crippen LogP contribution in [0, 0.1) is 0 Å². The lowest BCUT2D eigenvalue weighted by Gasteiger charge is -2.02. The summed E-state index contributed by atoms with van der Waals surface area (Å²) in [6.07, 6.45) is 0. The summed E-state index contributed by atoms with van der Waals surface area (Å²) >= 11 is 0. The van der Waals surface area contributed by atoms with E-state index in [1.165, 1.54) is 7.11 Å². The van der Waals surface area contributed by atoms with Crippen LogP contribution in [0.4, 0.5) is 0 Å². The number of aliphatic carboxylic acids is 1. The normalized spacial score (nSPS) is 12.1. The average Bonchev–Trinajstić information content (AvgIpc) is 2.02. The summed E-state index contributed by atoms with van der Waals surface area (Å²) in [5.41, 5.74) is 0. The van der Waals surface area contributed by atoms with E-state index < -0.39 is 34.2 Å². The number of carboxylic acids is 1. The molecule has 0 heterocycles. The van der Waals surface area contributed by atoms with E-state index in [0.717, 1.165) is 0 Å². The van der Waals surface area contributed by atoms with Crippen LogP contribution in [0.5, 0.6) is 0 Å². The molecule has 1 unspecified atom stereocenters. The fourth-order valence-electron chi connectivity index (χ4n) is 0.601. The van der Waals surface area contributed by atoms with Gasteiger partial charge in [0.25, 0.3) is 0 Å². The Kier molecular flexibility index (Phi) is 6.95. The minimum Gasteiger partial charge on any atom is -0.481 e. The van der Waals surface area contributed by atoms with Gasteiger partial charge in [0.15, 0.2) is 0 Å². The molecule has 0 aromatic rings. The van der Waals surface area contributed by atoms with Gasteiger partial charge in [0.1, 0.15) is 18.1 Å². The highest BCUT2D eigenvalue weighted by Gasteiger charge is 2.12. The first-order valence-corrected chi connectivity index (χ1v) is 5.26. The monoisotopic (exact) mass is 224 g/mol. The van der Waals surface area contributed by atoms with Crippen molar-refractivity contribution < 1.29 is 28.4 Å². The molecular weight excluding hydrogens is 212 g/mol. The zero-order valence-electron chi connectivity index (χ0n) is 7.73. The van der Waals surface area contributed by atoms with Crippen molar-refractivity contribution in [3.8, 4) is 0 Å². The molecule has 0 amide bonds. The molecule has 0 aliphatic carbocycles. The number of hydrogen-bond donors (Lipinski definition) is 1. The topological polar surface area (TPSA) is 89.9 Å². The van der Waals surface area contributed by atoms with E-state index in [1.807, 2.05) is 0 Å². The van der Waals surface area contributed by atoms with Crippen LogP contribution in [0.2, 0.25) is 0 Å². The van der Waals surface area contributed by atoms with Gasteiger partial charge in [0, 0.05) is 17.9 Å². The van der Waals surface area contributed by atoms with Gasteiger partial charge in [0.05, 0.1) is 6.61 Å². The van der Waals surface area contributed by atoms with Gasteiger partial charge in [-0.25, -0.2) is 0 Å². The van der Waals surface area contributed by atoms with Gasteiger partial charge in [-0.1, -0.05) is 0 Å². The standard InChI is InChI=1S/C7H12O6S/c1-12-2-3-13-7(10)5-14(11)4-6(8)9/h2-5H2,1H3,(H,8,9). The summed E-state index contributed by atoms with van der Waals surface area (Å²) in [4.78, 5) is 20.9. The molecule has 1 atom stereocenters. The maximum atomic E-state index is 10.9. The molecule has 0 aliphatic rings. The van der Waals surface area contributed by atoms with E-state index in [1.54, 1.807) is 0 Å². The van der Waals surface area contributed by atoms with Crippen LogP contribution in [0.15, 0.2) is 0 Å². The van der Waals surface area contributed by atoms with Gasteiger partial charge in [0.2, 0.25) is 0 Å². The minimum atomic E-state index is -1.70. The highest BCUT2D eigenvalue weighted by molar-refractivity contribution is 7.86. The molecule has 0 fully saturated rings. The lowest BCUT2D eigenvalue weighted by molar-refractivity contribution is -0.141. The highest BCUT2D eigenvalue weighted by atomic mass is 32.2. The summed E-state index contributed by atoms with van der Waals surface area (Å²) in [6, 6.07) is 0. The third-order valence-electron chi connectivity index (χ3n) is 1.11. The second kappa shape index (κ2) is 7.45. The van der Waals surface area contributed by atoms with E-state index in [-0.39, 0.29) is 13.2 Å². The SMILES string of the molecule is COCCOC(=O)CS(=O)CC(=O)O. The lowest BCUT2D eigenvalue weighted by Crippen LogP contribution is -2.20. The van der Waals surface area contributed by atoms with Crippen LogP contribution in [0.1, 0.15) is 0 Å². The van der Waals surface area contributed by atoms with Gasteiger partial charge in [-0.3, -0.25) is 13.8 Å². The number of rotatable bonds is 7. The molecule has 6 nitrogen and oxygen atoms in total. The fourth-order valence-corrected chi connectivity index (χ4v) is 1.32. The van der Waals surface area contributed by atoms with Crippen molar-refractivity contribution in [3.63, 3.8) is 0 Å². The number of carbonyl (C=O) groups excluding carboxylic acids is 1. The Bertz CT molecular complexity index is 226. The predicted octanol–water partition coefficient (Wildman–Crippen LogP) is -0.991. The van der Waals surface area contributed by atoms with Gasteiger partial charge in [-0.15, -0.1) is 0 Å².